The Morgan fingerprint density at radius 1 is 0.973 bits per heavy atom. The lowest BCUT2D eigenvalue weighted by molar-refractivity contribution is -0.129. The first-order chi connectivity index (χ1) is 17.9. The summed E-state index contributed by atoms with van der Waals surface area (Å²) in [6.07, 6.45) is 8.42. The summed E-state index contributed by atoms with van der Waals surface area (Å²) in [5, 5.41) is 1.03. The van der Waals surface area contributed by atoms with Gasteiger partial charge in [-0.05, 0) is 101 Å². The number of carbonyl (C=O) groups excluding carboxylic acids is 1. The van der Waals surface area contributed by atoms with Crippen molar-refractivity contribution >= 4 is 29.1 Å². The lowest BCUT2D eigenvalue weighted by Crippen LogP contribution is -2.47. The van der Waals surface area contributed by atoms with Crippen LogP contribution in [-0.4, -0.2) is 72.5 Å². The van der Waals surface area contributed by atoms with Crippen molar-refractivity contribution < 1.29 is 9.18 Å². The number of benzene rings is 2. The number of carbonyl (C=O) groups is 1. The van der Waals surface area contributed by atoms with Crippen molar-refractivity contribution in [2.24, 2.45) is 0 Å². The van der Waals surface area contributed by atoms with E-state index in [1.165, 1.54) is 56.8 Å². The lowest BCUT2D eigenvalue weighted by atomic mass is 9.76. The molecular weight excluding hydrogens is 508 g/mol. The number of rotatable bonds is 7. The normalized spacial score (nSPS) is 24.0. The van der Waals surface area contributed by atoms with Crippen LogP contribution in [0.1, 0.15) is 56.1 Å². The molecule has 200 valence electrons. The van der Waals surface area contributed by atoms with E-state index >= 15 is 0 Å². The van der Waals surface area contributed by atoms with Gasteiger partial charge < -0.3 is 14.7 Å². The van der Waals surface area contributed by atoms with Gasteiger partial charge >= 0.3 is 0 Å². The summed E-state index contributed by atoms with van der Waals surface area (Å²) in [7, 11) is 0. The Kier molecular flexibility index (Phi) is 8.75. The maximum Gasteiger partial charge on any atom is 0.227 e. The standard InChI is InChI=1S/C30H38Cl2FN3O/c31-24-7-4-6-23(20-24)30(12-18-34-16-10-25(11-17-34)35-14-2-1-3-15-35)13-19-36(22-30)29(37)21-26-27(32)8-5-9-28(26)33/h4-9,20,25H,1-3,10-19,21-22H2/t30-/m1/s1. The second kappa shape index (κ2) is 12.0. The molecule has 7 heteroatoms. The molecule has 0 N–H and O–H groups in total. The Morgan fingerprint density at radius 3 is 2.46 bits per heavy atom. The first-order valence-corrected chi connectivity index (χ1v) is 14.6. The molecule has 0 bridgehead atoms. The Morgan fingerprint density at radius 2 is 1.73 bits per heavy atom. The van der Waals surface area contributed by atoms with Crippen molar-refractivity contribution in [3.05, 3.63) is 69.5 Å². The molecule has 0 aliphatic carbocycles. The number of halogens is 3. The zero-order valence-corrected chi connectivity index (χ0v) is 23.1. The Bertz CT molecular complexity index is 1060. The third-order valence-electron chi connectivity index (χ3n) is 8.90. The molecule has 3 heterocycles. The molecule has 0 spiro atoms. The number of likely N-dealkylation sites (tertiary alicyclic amines) is 3. The summed E-state index contributed by atoms with van der Waals surface area (Å²) in [5.41, 5.74) is 1.33. The predicted molar refractivity (Wildman–Crippen MR) is 149 cm³/mol. The highest BCUT2D eigenvalue weighted by molar-refractivity contribution is 6.31. The second-order valence-corrected chi connectivity index (χ2v) is 12.0. The third kappa shape index (κ3) is 6.33. The van der Waals surface area contributed by atoms with E-state index in [0.717, 1.165) is 43.5 Å². The molecule has 5 rings (SSSR count). The first kappa shape index (κ1) is 26.9. The van der Waals surface area contributed by atoms with Crippen molar-refractivity contribution in [3.8, 4) is 0 Å². The van der Waals surface area contributed by atoms with Crippen LogP contribution in [0, 0.1) is 5.82 Å². The highest BCUT2D eigenvalue weighted by atomic mass is 35.5. The summed E-state index contributed by atoms with van der Waals surface area (Å²) >= 11 is 12.6. The molecule has 4 nitrogen and oxygen atoms in total. The van der Waals surface area contributed by atoms with E-state index in [2.05, 4.69) is 21.9 Å². The largest absolute Gasteiger partial charge is 0.341 e. The minimum absolute atomic E-state index is 0.0128. The van der Waals surface area contributed by atoms with E-state index in [1.54, 1.807) is 12.1 Å². The summed E-state index contributed by atoms with van der Waals surface area (Å²) in [6.45, 7) is 7.12. The Hall–Kier alpha value is -1.66. The number of amides is 1. The van der Waals surface area contributed by atoms with Gasteiger partial charge in [0.25, 0.3) is 0 Å². The molecule has 0 unspecified atom stereocenters. The Labute approximate surface area is 230 Å². The number of hydrogen-bond donors (Lipinski definition) is 0. The molecule has 0 aromatic heterocycles. The van der Waals surface area contributed by atoms with Crippen LogP contribution in [0.4, 0.5) is 4.39 Å². The van der Waals surface area contributed by atoms with Gasteiger partial charge in [0.05, 0.1) is 6.42 Å². The second-order valence-electron chi connectivity index (χ2n) is 11.2. The molecule has 37 heavy (non-hydrogen) atoms. The van der Waals surface area contributed by atoms with Crippen LogP contribution in [0.15, 0.2) is 42.5 Å². The van der Waals surface area contributed by atoms with Crippen molar-refractivity contribution in [3.63, 3.8) is 0 Å². The fraction of sp³-hybridized carbons (Fsp3) is 0.567. The minimum Gasteiger partial charge on any atom is -0.341 e. The smallest absolute Gasteiger partial charge is 0.227 e. The molecule has 3 aliphatic heterocycles. The summed E-state index contributed by atoms with van der Waals surface area (Å²) in [4.78, 5) is 20.5. The van der Waals surface area contributed by atoms with Crippen molar-refractivity contribution in [1.82, 2.24) is 14.7 Å². The fourth-order valence-electron chi connectivity index (χ4n) is 6.62. The van der Waals surface area contributed by atoms with Crippen molar-refractivity contribution in [1.29, 1.82) is 0 Å². The van der Waals surface area contributed by atoms with E-state index < -0.39 is 5.82 Å². The average molecular weight is 547 g/mol. The molecule has 1 atom stereocenters. The molecule has 0 radical (unpaired) electrons. The van der Waals surface area contributed by atoms with Crippen LogP contribution in [0.25, 0.3) is 0 Å². The Balaban J connectivity index is 1.24. The maximum atomic E-state index is 14.4. The van der Waals surface area contributed by atoms with E-state index in [-0.39, 0.29) is 23.3 Å². The molecule has 3 fully saturated rings. The lowest BCUT2D eigenvalue weighted by Gasteiger charge is -2.41. The molecule has 2 aromatic carbocycles. The van der Waals surface area contributed by atoms with E-state index in [0.29, 0.717) is 18.1 Å². The molecule has 0 saturated carbocycles. The van der Waals surface area contributed by atoms with Crippen molar-refractivity contribution in [2.45, 2.75) is 62.8 Å². The van der Waals surface area contributed by atoms with Crippen LogP contribution >= 0.6 is 23.2 Å². The molecule has 1 amide bonds. The fourth-order valence-corrected chi connectivity index (χ4v) is 7.04. The number of hydrogen-bond acceptors (Lipinski definition) is 3. The van der Waals surface area contributed by atoms with Gasteiger partial charge in [-0.15, -0.1) is 0 Å². The highest BCUT2D eigenvalue weighted by Crippen LogP contribution is 2.39. The predicted octanol–water partition coefficient (Wildman–Crippen LogP) is 6.19. The van der Waals surface area contributed by atoms with Gasteiger partial charge in [0.2, 0.25) is 5.91 Å². The van der Waals surface area contributed by atoms with Crippen LogP contribution in [-0.2, 0) is 16.6 Å². The summed E-state index contributed by atoms with van der Waals surface area (Å²) in [5.74, 6) is -0.493. The zero-order chi connectivity index (χ0) is 25.8. The average Bonchev–Trinajstić information content (AvgIpc) is 3.36. The zero-order valence-electron chi connectivity index (χ0n) is 21.6. The molecular formula is C30H38Cl2FN3O. The minimum atomic E-state index is -0.422. The van der Waals surface area contributed by atoms with Gasteiger partial charge in [-0.25, -0.2) is 4.39 Å². The first-order valence-electron chi connectivity index (χ1n) is 13.9. The SMILES string of the molecule is O=C(Cc1c(F)cccc1Cl)N1CC[C@@](CCN2CCC(N3CCCCC3)CC2)(c2cccc(Cl)c2)C1. The molecule has 3 saturated heterocycles. The van der Waals surface area contributed by atoms with Gasteiger partial charge in [-0.2, -0.15) is 0 Å². The summed E-state index contributed by atoms with van der Waals surface area (Å²) < 4.78 is 14.4. The molecule has 2 aromatic rings. The van der Waals surface area contributed by atoms with Crippen LogP contribution in [0.5, 0.6) is 0 Å². The van der Waals surface area contributed by atoms with E-state index in [1.807, 2.05) is 17.0 Å². The maximum absolute atomic E-state index is 14.4. The number of nitrogens with zero attached hydrogens (tertiary/aromatic N) is 3. The number of piperidine rings is 2. The van der Waals surface area contributed by atoms with Gasteiger partial charge in [0, 0.05) is 40.2 Å². The van der Waals surface area contributed by atoms with Gasteiger partial charge in [0.15, 0.2) is 0 Å². The molecule has 3 aliphatic rings. The highest BCUT2D eigenvalue weighted by Gasteiger charge is 2.42. The van der Waals surface area contributed by atoms with Crippen LogP contribution in [0.2, 0.25) is 10.0 Å². The monoisotopic (exact) mass is 545 g/mol. The van der Waals surface area contributed by atoms with E-state index in [9.17, 15) is 9.18 Å². The van der Waals surface area contributed by atoms with Crippen molar-refractivity contribution in [2.75, 3.05) is 45.8 Å². The third-order valence-corrected chi connectivity index (χ3v) is 9.49. The van der Waals surface area contributed by atoms with Crippen LogP contribution < -0.4 is 0 Å². The topological polar surface area (TPSA) is 26.8 Å². The summed E-state index contributed by atoms with van der Waals surface area (Å²) in [6, 6.07) is 13.4. The van der Waals surface area contributed by atoms with Gasteiger partial charge in [0.1, 0.15) is 5.82 Å². The quantitative estimate of drug-likeness (QED) is 0.415. The van der Waals surface area contributed by atoms with Gasteiger partial charge in [-0.1, -0.05) is 47.8 Å². The van der Waals surface area contributed by atoms with E-state index in [4.69, 9.17) is 23.2 Å². The van der Waals surface area contributed by atoms with Crippen LogP contribution in [0.3, 0.4) is 0 Å². The van der Waals surface area contributed by atoms with Gasteiger partial charge in [-0.3, -0.25) is 4.79 Å².